The summed E-state index contributed by atoms with van der Waals surface area (Å²) in [5.74, 6) is -1.79. The Kier molecular flexibility index (Phi) is 3.22. The van der Waals surface area contributed by atoms with Gasteiger partial charge in [-0.1, -0.05) is 0 Å². The van der Waals surface area contributed by atoms with Crippen LogP contribution in [0.1, 0.15) is 35.3 Å². The molecule has 1 amide bonds. The van der Waals surface area contributed by atoms with Crippen molar-refractivity contribution in [2.75, 3.05) is 11.4 Å². The number of fused-ring (bicyclic) bond motifs is 1. The topological polar surface area (TPSA) is 81.4 Å². The first-order chi connectivity index (χ1) is 9.61. The summed E-state index contributed by atoms with van der Waals surface area (Å²) < 4.78 is 0. The Morgan fingerprint density at radius 2 is 2.15 bits per heavy atom. The fraction of sp³-hybridized carbons (Fsp3) is 0.500. The third kappa shape index (κ3) is 1.98. The van der Waals surface area contributed by atoms with Crippen LogP contribution in [0, 0.1) is 17.2 Å². The van der Waals surface area contributed by atoms with Crippen LogP contribution in [-0.2, 0) is 22.4 Å². The highest BCUT2D eigenvalue weighted by Crippen LogP contribution is 2.41. The summed E-state index contributed by atoms with van der Waals surface area (Å²) in [6.45, 7) is 0.183. The molecule has 6 heteroatoms. The maximum absolute atomic E-state index is 12.0. The van der Waals surface area contributed by atoms with E-state index >= 15 is 0 Å². The summed E-state index contributed by atoms with van der Waals surface area (Å²) in [5.41, 5.74) is 1.66. The number of carbonyl (C=O) groups is 2. The molecule has 1 aromatic rings. The van der Waals surface area contributed by atoms with E-state index in [9.17, 15) is 14.9 Å². The molecule has 0 bridgehead atoms. The molecule has 0 saturated carbocycles. The Bertz CT molecular complexity index is 629. The van der Waals surface area contributed by atoms with Crippen molar-refractivity contribution in [3.8, 4) is 6.07 Å². The molecule has 1 aliphatic carbocycles. The van der Waals surface area contributed by atoms with Crippen LogP contribution in [0.3, 0.4) is 0 Å². The van der Waals surface area contributed by atoms with Crippen molar-refractivity contribution in [1.29, 1.82) is 5.26 Å². The Morgan fingerprint density at radius 1 is 1.40 bits per heavy atom. The molecule has 0 aromatic carbocycles. The van der Waals surface area contributed by atoms with Crippen LogP contribution in [0.25, 0.3) is 0 Å². The van der Waals surface area contributed by atoms with Gasteiger partial charge < -0.3 is 10.0 Å². The Labute approximate surface area is 120 Å². The molecule has 1 N–H and O–H groups in total. The van der Waals surface area contributed by atoms with Crippen LogP contribution in [0.5, 0.6) is 0 Å². The summed E-state index contributed by atoms with van der Waals surface area (Å²) in [5, 5.41) is 19.1. The Balaban J connectivity index is 1.99. The molecule has 5 nitrogen and oxygen atoms in total. The molecule has 1 aliphatic heterocycles. The molecule has 1 saturated heterocycles. The maximum atomic E-state index is 12.0. The highest BCUT2D eigenvalue weighted by molar-refractivity contribution is 7.16. The third-order valence-corrected chi connectivity index (χ3v) is 5.30. The van der Waals surface area contributed by atoms with Crippen molar-refractivity contribution >= 4 is 28.2 Å². The minimum Gasteiger partial charge on any atom is -0.481 e. The molecule has 20 heavy (non-hydrogen) atoms. The highest BCUT2D eigenvalue weighted by Gasteiger charge is 2.38. The molecule has 1 aromatic heterocycles. The first-order valence-corrected chi connectivity index (χ1v) is 7.51. The molecule has 1 unspecified atom stereocenters. The number of nitriles is 1. The van der Waals surface area contributed by atoms with Crippen molar-refractivity contribution in [3.05, 3.63) is 16.0 Å². The lowest BCUT2D eigenvalue weighted by molar-refractivity contribution is -0.141. The van der Waals surface area contributed by atoms with E-state index in [0.717, 1.165) is 31.2 Å². The van der Waals surface area contributed by atoms with Crippen LogP contribution in [0.4, 0.5) is 5.00 Å². The number of thiophene rings is 1. The molecule has 2 aliphatic rings. The average Bonchev–Trinajstić information content (AvgIpc) is 2.98. The third-order valence-electron chi connectivity index (χ3n) is 3.98. The molecule has 104 valence electrons. The number of aryl methyl sites for hydroxylation is 1. The smallest absolute Gasteiger partial charge is 0.308 e. The lowest BCUT2D eigenvalue weighted by Gasteiger charge is -2.14. The summed E-state index contributed by atoms with van der Waals surface area (Å²) >= 11 is 1.49. The fourth-order valence-electron chi connectivity index (χ4n) is 2.93. The maximum Gasteiger partial charge on any atom is 0.308 e. The number of nitrogens with zero attached hydrogens (tertiary/aromatic N) is 2. The van der Waals surface area contributed by atoms with Gasteiger partial charge in [-0.2, -0.15) is 5.26 Å². The quantitative estimate of drug-likeness (QED) is 0.902. The van der Waals surface area contributed by atoms with E-state index in [0.29, 0.717) is 10.6 Å². The zero-order chi connectivity index (χ0) is 14.3. The predicted molar refractivity (Wildman–Crippen MR) is 73.8 cm³/mol. The molecular formula is C14H14N2O3S. The summed E-state index contributed by atoms with van der Waals surface area (Å²) in [6, 6.07) is 2.21. The van der Waals surface area contributed by atoms with Gasteiger partial charge in [0.25, 0.3) is 0 Å². The average molecular weight is 290 g/mol. The van der Waals surface area contributed by atoms with Gasteiger partial charge in [-0.25, -0.2) is 0 Å². The van der Waals surface area contributed by atoms with Gasteiger partial charge in [0.2, 0.25) is 5.91 Å². The van der Waals surface area contributed by atoms with Gasteiger partial charge in [0.05, 0.1) is 11.5 Å². The van der Waals surface area contributed by atoms with Crippen molar-refractivity contribution < 1.29 is 14.7 Å². The van der Waals surface area contributed by atoms with Crippen LogP contribution in [-0.4, -0.2) is 23.5 Å². The second kappa shape index (κ2) is 4.91. The monoisotopic (exact) mass is 290 g/mol. The van der Waals surface area contributed by atoms with Crippen molar-refractivity contribution in [2.45, 2.75) is 32.1 Å². The first-order valence-electron chi connectivity index (χ1n) is 6.69. The Morgan fingerprint density at radius 3 is 2.80 bits per heavy atom. The second-order valence-electron chi connectivity index (χ2n) is 5.25. The van der Waals surface area contributed by atoms with Gasteiger partial charge in [-0.3, -0.25) is 9.59 Å². The van der Waals surface area contributed by atoms with Crippen LogP contribution < -0.4 is 4.90 Å². The molecular weight excluding hydrogens is 276 g/mol. The van der Waals surface area contributed by atoms with Crippen molar-refractivity contribution in [2.24, 2.45) is 5.92 Å². The second-order valence-corrected chi connectivity index (χ2v) is 6.33. The van der Waals surface area contributed by atoms with E-state index in [1.54, 1.807) is 0 Å². The summed E-state index contributed by atoms with van der Waals surface area (Å²) in [4.78, 5) is 25.8. The number of rotatable bonds is 2. The number of hydrogen-bond donors (Lipinski definition) is 1. The van der Waals surface area contributed by atoms with Gasteiger partial charge in [-0.15, -0.1) is 11.3 Å². The van der Waals surface area contributed by atoms with Crippen molar-refractivity contribution in [3.63, 3.8) is 0 Å². The number of carboxylic acid groups (broad SMARTS) is 1. The summed E-state index contributed by atoms with van der Waals surface area (Å²) in [6.07, 6.45) is 4.06. The van der Waals surface area contributed by atoms with Crippen LogP contribution in [0.15, 0.2) is 0 Å². The van der Waals surface area contributed by atoms with Crippen molar-refractivity contribution in [1.82, 2.24) is 0 Å². The van der Waals surface area contributed by atoms with Gasteiger partial charge in [-0.05, 0) is 31.2 Å². The molecule has 0 radical (unpaired) electrons. The van der Waals surface area contributed by atoms with Gasteiger partial charge >= 0.3 is 5.97 Å². The van der Waals surface area contributed by atoms with Gasteiger partial charge in [0.15, 0.2) is 0 Å². The molecule has 1 atom stereocenters. The number of hydrogen-bond acceptors (Lipinski definition) is 4. The number of anilines is 1. The number of carboxylic acids is 1. The lowest BCUT2D eigenvalue weighted by atomic mass is 9.96. The Hall–Kier alpha value is -1.87. The zero-order valence-electron chi connectivity index (χ0n) is 10.9. The highest BCUT2D eigenvalue weighted by atomic mass is 32.1. The predicted octanol–water partition coefficient (Wildman–Crippen LogP) is 1.94. The van der Waals surface area contributed by atoms with E-state index in [-0.39, 0.29) is 18.9 Å². The minimum atomic E-state index is -0.944. The summed E-state index contributed by atoms with van der Waals surface area (Å²) in [7, 11) is 0. The van der Waals surface area contributed by atoms with Crippen LogP contribution in [0.2, 0.25) is 0 Å². The molecule has 0 spiro atoms. The van der Waals surface area contributed by atoms with E-state index in [2.05, 4.69) is 6.07 Å². The van der Waals surface area contributed by atoms with Gasteiger partial charge in [0.1, 0.15) is 11.1 Å². The number of carbonyl (C=O) groups excluding carboxylic acids is 1. The molecule has 2 heterocycles. The van der Waals surface area contributed by atoms with E-state index in [4.69, 9.17) is 5.11 Å². The SMILES string of the molecule is N#Cc1c(N2CC(C(=O)O)CC2=O)sc2c1CCCC2. The number of aliphatic carboxylic acids is 1. The molecule has 1 fully saturated rings. The van der Waals surface area contributed by atoms with E-state index < -0.39 is 11.9 Å². The first kappa shape index (κ1) is 13.1. The minimum absolute atomic E-state index is 0.0305. The number of amides is 1. The molecule has 3 rings (SSSR count). The fourth-order valence-corrected chi connectivity index (χ4v) is 4.29. The van der Waals surface area contributed by atoms with E-state index in [1.807, 2.05) is 0 Å². The van der Waals surface area contributed by atoms with Crippen LogP contribution >= 0.6 is 11.3 Å². The lowest BCUT2D eigenvalue weighted by Crippen LogP contribution is -2.25. The van der Waals surface area contributed by atoms with Gasteiger partial charge in [0, 0.05) is 17.8 Å². The normalized spacial score (nSPS) is 21.6. The largest absolute Gasteiger partial charge is 0.481 e. The zero-order valence-corrected chi connectivity index (χ0v) is 11.7. The van der Waals surface area contributed by atoms with E-state index in [1.165, 1.54) is 21.1 Å². The standard InChI is InChI=1S/C14H14N2O3S/c15-6-10-9-3-1-2-4-11(9)20-13(10)16-7-8(14(18)19)5-12(16)17/h8H,1-5,7H2,(H,18,19).